The van der Waals surface area contributed by atoms with E-state index in [2.05, 4.69) is 15.5 Å². The van der Waals surface area contributed by atoms with E-state index in [1.807, 2.05) is 37.4 Å². The third-order valence-corrected chi connectivity index (χ3v) is 5.13. The molecule has 0 spiro atoms. The zero-order valence-corrected chi connectivity index (χ0v) is 15.9. The molecule has 1 aromatic heterocycles. The molecule has 28 heavy (non-hydrogen) atoms. The Labute approximate surface area is 164 Å². The Bertz CT molecular complexity index is 956. The standard InChI is InChI=1S/C19H17F3N4OS/c1-12(17(27)23-15-10-8-14(9-11-15)19(20,21)22)28-18-25-24-16(26(18)2)13-6-4-3-5-7-13/h3-12H,1-2H3,(H,23,27). The quantitative estimate of drug-likeness (QED) is 0.628. The van der Waals surface area contributed by atoms with Gasteiger partial charge < -0.3 is 9.88 Å². The monoisotopic (exact) mass is 406 g/mol. The maximum absolute atomic E-state index is 12.6. The molecule has 1 unspecified atom stereocenters. The molecule has 1 amide bonds. The van der Waals surface area contributed by atoms with E-state index in [0.717, 1.165) is 17.7 Å². The van der Waals surface area contributed by atoms with E-state index in [0.29, 0.717) is 16.7 Å². The van der Waals surface area contributed by atoms with Crippen molar-refractivity contribution in [1.82, 2.24) is 14.8 Å². The number of alkyl halides is 3. The van der Waals surface area contributed by atoms with Crippen molar-refractivity contribution in [1.29, 1.82) is 0 Å². The average molecular weight is 406 g/mol. The van der Waals surface area contributed by atoms with Crippen LogP contribution < -0.4 is 5.32 Å². The number of carbonyl (C=O) groups is 1. The summed E-state index contributed by atoms with van der Waals surface area (Å²) < 4.78 is 39.6. The predicted molar refractivity (Wildman–Crippen MR) is 102 cm³/mol. The number of amides is 1. The number of aromatic nitrogens is 3. The van der Waals surface area contributed by atoms with Crippen LogP contribution in [0.2, 0.25) is 0 Å². The molecule has 0 fully saturated rings. The summed E-state index contributed by atoms with van der Waals surface area (Å²) in [5.74, 6) is 0.340. The van der Waals surface area contributed by atoms with Gasteiger partial charge in [-0.05, 0) is 31.2 Å². The van der Waals surface area contributed by atoms with Gasteiger partial charge in [0.1, 0.15) is 0 Å². The van der Waals surface area contributed by atoms with Crippen molar-refractivity contribution >= 4 is 23.4 Å². The SMILES string of the molecule is CC(Sc1nnc(-c2ccccc2)n1C)C(=O)Nc1ccc(C(F)(F)F)cc1. The summed E-state index contributed by atoms with van der Waals surface area (Å²) in [5.41, 5.74) is 0.444. The molecule has 3 aromatic rings. The van der Waals surface area contributed by atoms with Crippen molar-refractivity contribution < 1.29 is 18.0 Å². The summed E-state index contributed by atoms with van der Waals surface area (Å²) in [5, 5.41) is 11.0. The fourth-order valence-corrected chi connectivity index (χ4v) is 3.27. The highest BCUT2D eigenvalue weighted by Gasteiger charge is 2.30. The number of nitrogens with one attached hydrogen (secondary N) is 1. The minimum atomic E-state index is -4.41. The Morgan fingerprint density at radius 3 is 2.32 bits per heavy atom. The number of halogens is 3. The van der Waals surface area contributed by atoms with Crippen LogP contribution in [-0.2, 0) is 18.0 Å². The molecule has 1 N–H and O–H groups in total. The van der Waals surface area contributed by atoms with E-state index in [-0.39, 0.29) is 5.91 Å². The Hall–Kier alpha value is -2.81. The number of thioether (sulfide) groups is 1. The molecule has 0 aliphatic carbocycles. The molecular weight excluding hydrogens is 389 g/mol. The first kappa shape index (κ1) is 19.9. The lowest BCUT2D eigenvalue weighted by molar-refractivity contribution is -0.137. The summed E-state index contributed by atoms with van der Waals surface area (Å²) in [6.07, 6.45) is -4.41. The minimum absolute atomic E-state index is 0.299. The van der Waals surface area contributed by atoms with Gasteiger partial charge in [-0.25, -0.2) is 0 Å². The van der Waals surface area contributed by atoms with Gasteiger partial charge >= 0.3 is 6.18 Å². The van der Waals surface area contributed by atoms with Crippen LogP contribution >= 0.6 is 11.8 Å². The second-order valence-corrected chi connectivity index (χ2v) is 7.36. The molecule has 0 saturated carbocycles. The largest absolute Gasteiger partial charge is 0.416 e. The Morgan fingerprint density at radius 2 is 1.71 bits per heavy atom. The normalized spacial score (nSPS) is 12.6. The van der Waals surface area contributed by atoms with E-state index in [1.165, 1.54) is 23.9 Å². The number of carbonyl (C=O) groups excluding carboxylic acids is 1. The summed E-state index contributed by atoms with van der Waals surface area (Å²) >= 11 is 1.22. The average Bonchev–Trinajstić information content (AvgIpc) is 3.02. The lowest BCUT2D eigenvalue weighted by Crippen LogP contribution is -2.23. The molecule has 1 atom stereocenters. The van der Waals surface area contributed by atoms with E-state index < -0.39 is 17.0 Å². The van der Waals surface area contributed by atoms with Gasteiger partial charge in [-0.3, -0.25) is 4.79 Å². The summed E-state index contributed by atoms with van der Waals surface area (Å²) in [4.78, 5) is 12.4. The number of hydrogen-bond donors (Lipinski definition) is 1. The van der Waals surface area contributed by atoms with Gasteiger partial charge in [-0.15, -0.1) is 10.2 Å². The summed E-state index contributed by atoms with van der Waals surface area (Å²) in [7, 11) is 1.81. The van der Waals surface area contributed by atoms with Crippen molar-refractivity contribution in [2.45, 2.75) is 23.5 Å². The van der Waals surface area contributed by atoms with Crippen molar-refractivity contribution in [2.24, 2.45) is 7.05 Å². The van der Waals surface area contributed by atoms with Crippen molar-refractivity contribution in [3.05, 3.63) is 60.2 Å². The Morgan fingerprint density at radius 1 is 1.07 bits per heavy atom. The molecule has 9 heteroatoms. The fraction of sp³-hybridized carbons (Fsp3) is 0.211. The minimum Gasteiger partial charge on any atom is -0.325 e. The van der Waals surface area contributed by atoms with Gasteiger partial charge in [-0.1, -0.05) is 42.1 Å². The highest BCUT2D eigenvalue weighted by Crippen LogP contribution is 2.30. The van der Waals surface area contributed by atoms with Crippen molar-refractivity contribution in [3.63, 3.8) is 0 Å². The highest BCUT2D eigenvalue weighted by atomic mass is 32.2. The zero-order chi connectivity index (χ0) is 20.3. The zero-order valence-electron chi connectivity index (χ0n) is 15.1. The second-order valence-electron chi connectivity index (χ2n) is 6.06. The Balaban J connectivity index is 1.66. The first-order valence-electron chi connectivity index (χ1n) is 8.35. The number of hydrogen-bond acceptors (Lipinski definition) is 4. The predicted octanol–water partition coefficient (Wildman–Crippen LogP) is 4.62. The van der Waals surface area contributed by atoms with Gasteiger partial charge in [0.05, 0.1) is 10.8 Å². The summed E-state index contributed by atoms with van der Waals surface area (Å²) in [6, 6.07) is 13.9. The van der Waals surface area contributed by atoms with E-state index in [1.54, 1.807) is 11.5 Å². The van der Waals surface area contributed by atoms with Crippen LogP contribution in [0.4, 0.5) is 18.9 Å². The van der Waals surface area contributed by atoms with Gasteiger partial charge in [-0.2, -0.15) is 13.2 Å². The smallest absolute Gasteiger partial charge is 0.325 e. The van der Waals surface area contributed by atoms with Gasteiger partial charge in [0.15, 0.2) is 11.0 Å². The third kappa shape index (κ3) is 4.53. The van der Waals surface area contributed by atoms with Gasteiger partial charge in [0.25, 0.3) is 0 Å². The number of anilines is 1. The Kier molecular flexibility index (Phi) is 5.73. The van der Waals surface area contributed by atoms with Crippen LogP contribution in [0.25, 0.3) is 11.4 Å². The third-order valence-electron chi connectivity index (χ3n) is 4.00. The van der Waals surface area contributed by atoms with Crippen molar-refractivity contribution in [3.8, 4) is 11.4 Å². The van der Waals surface area contributed by atoms with Crippen molar-refractivity contribution in [2.75, 3.05) is 5.32 Å². The lowest BCUT2D eigenvalue weighted by Gasteiger charge is -2.12. The van der Waals surface area contributed by atoms with Crippen LogP contribution in [0.1, 0.15) is 12.5 Å². The fourth-order valence-electron chi connectivity index (χ4n) is 2.45. The maximum atomic E-state index is 12.6. The molecule has 2 aromatic carbocycles. The van der Waals surface area contributed by atoms with Crippen LogP contribution in [0, 0.1) is 0 Å². The lowest BCUT2D eigenvalue weighted by atomic mass is 10.2. The topological polar surface area (TPSA) is 59.8 Å². The molecule has 0 aliphatic rings. The first-order valence-corrected chi connectivity index (χ1v) is 9.23. The molecule has 0 saturated heterocycles. The van der Waals surface area contributed by atoms with E-state index >= 15 is 0 Å². The van der Waals surface area contributed by atoms with Crippen LogP contribution in [0.3, 0.4) is 0 Å². The van der Waals surface area contributed by atoms with Gasteiger partial charge in [0.2, 0.25) is 5.91 Å². The van der Waals surface area contributed by atoms with E-state index in [9.17, 15) is 18.0 Å². The maximum Gasteiger partial charge on any atom is 0.416 e. The number of nitrogens with zero attached hydrogens (tertiary/aromatic N) is 3. The number of rotatable bonds is 5. The molecule has 0 aliphatic heterocycles. The van der Waals surface area contributed by atoms with Gasteiger partial charge in [0, 0.05) is 18.3 Å². The molecule has 146 valence electrons. The van der Waals surface area contributed by atoms with Crippen LogP contribution in [0.15, 0.2) is 59.8 Å². The van der Waals surface area contributed by atoms with Crippen LogP contribution in [0.5, 0.6) is 0 Å². The number of benzene rings is 2. The molecule has 5 nitrogen and oxygen atoms in total. The second kappa shape index (κ2) is 8.05. The molecular formula is C19H17F3N4OS. The first-order chi connectivity index (χ1) is 13.3. The molecule has 1 heterocycles. The van der Waals surface area contributed by atoms with E-state index in [4.69, 9.17) is 0 Å². The molecule has 3 rings (SSSR count). The highest BCUT2D eigenvalue weighted by molar-refractivity contribution is 8.00. The summed E-state index contributed by atoms with van der Waals surface area (Å²) in [6.45, 7) is 1.70. The molecule has 0 radical (unpaired) electrons. The molecule has 0 bridgehead atoms. The van der Waals surface area contributed by atoms with Crippen LogP contribution in [-0.4, -0.2) is 25.9 Å².